The first-order valence-corrected chi connectivity index (χ1v) is 6.44. The molecule has 0 spiro atoms. The molecule has 0 aliphatic rings. The fraction of sp³-hybridized carbons (Fsp3) is 0.0588. The summed E-state index contributed by atoms with van der Waals surface area (Å²) in [5, 5.41) is 12.0. The van der Waals surface area contributed by atoms with Gasteiger partial charge in [0, 0.05) is 12.6 Å². The van der Waals surface area contributed by atoms with E-state index in [0.717, 1.165) is 5.56 Å². The number of anilines is 1. The lowest BCUT2D eigenvalue weighted by Gasteiger charge is -2.05. The van der Waals surface area contributed by atoms with Crippen molar-refractivity contribution in [1.29, 1.82) is 0 Å². The summed E-state index contributed by atoms with van der Waals surface area (Å²) in [6, 6.07) is 15.9. The van der Waals surface area contributed by atoms with Crippen LogP contribution in [0.1, 0.15) is 18.1 Å². The van der Waals surface area contributed by atoms with Crippen molar-refractivity contribution in [2.45, 2.75) is 6.92 Å². The van der Waals surface area contributed by atoms with Gasteiger partial charge in [-0.25, -0.2) is 4.79 Å². The van der Waals surface area contributed by atoms with Crippen LogP contribution in [0.25, 0.3) is 11.6 Å². The molecule has 0 saturated heterocycles. The van der Waals surface area contributed by atoms with Crippen molar-refractivity contribution in [1.82, 2.24) is 0 Å². The SMILES string of the molecule is CC(=O)Nc1ccc(C=C(C(=O)O)c2ccccc2)cc1. The monoisotopic (exact) mass is 281 g/mol. The molecule has 0 heterocycles. The van der Waals surface area contributed by atoms with E-state index in [1.807, 2.05) is 6.07 Å². The number of rotatable bonds is 4. The molecule has 4 heteroatoms. The number of carboxylic acids is 1. The molecule has 21 heavy (non-hydrogen) atoms. The van der Waals surface area contributed by atoms with Crippen molar-refractivity contribution in [3.8, 4) is 0 Å². The maximum atomic E-state index is 11.4. The van der Waals surface area contributed by atoms with Crippen molar-refractivity contribution in [2.24, 2.45) is 0 Å². The third-order valence-corrected chi connectivity index (χ3v) is 2.86. The highest BCUT2D eigenvalue weighted by Gasteiger charge is 2.09. The number of carbonyl (C=O) groups excluding carboxylic acids is 1. The zero-order chi connectivity index (χ0) is 15.2. The Morgan fingerprint density at radius 2 is 1.62 bits per heavy atom. The second kappa shape index (κ2) is 6.52. The average Bonchev–Trinajstić information content (AvgIpc) is 2.46. The van der Waals surface area contributed by atoms with E-state index in [1.54, 1.807) is 54.6 Å². The molecule has 0 saturated carbocycles. The number of aliphatic carboxylic acids is 1. The van der Waals surface area contributed by atoms with Crippen molar-refractivity contribution >= 4 is 29.2 Å². The van der Waals surface area contributed by atoms with Gasteiger partial charge in [-0.3, -0.25) is 4.79 Å². The van der Waals surface area contributed by atoms with Gasteiger partial charge in [-0.1, -0.05) is 42.5 Å². The Morgan fingerprint density at radius 3 is 2.14 bits per heavy atom. The molecule has 0 aliphatic carbocycles. The maximum absolute atomic E-state index is 11.4. The molecule has 0 unspecified atom stereocenters. The number of carboxylic acid groups (broad SMARTS) is 1. The summed E-state index contributed by atoms with van der Waals surface area (Å²) in [6.45, 7) is 1.44. The first-order valence-electron chi connectivity index (χ1n) is 6.44. The predicted molar refractivity (Wildman–Crippen MR) is 82.7 cm³/mol. The van der Waals surface area contributed by atoms with Gasteiger partial charge in [-0.05, 0) is 29.3 Å². The summed E-state index contributed by atoms with van der Waals surface area (Å²) in [6.07, 6.45) is 1.61. The van der Waals surface area contributed by atoms with Crippen LogP contribution in [-0.4, -0.2) is 17.0 Å². The highest BCUT2D eigenvalue weighted by molar-refractivity contribution is 6.20. The molecular weight excluding hydrogens is 266 g/mol. The summed E-state index contributed by atoms with van der Waals surface area (Å²) in [5.74, 6) is -1.12. The number of nitrogens with one attached hydrogen (secondary N) is 1. The first-order chi connectivity index (χ1) is 10.1. The minimum atomic E-state index is -0.980. The van der Waals surface area contributed by atoms with Crippen molar-refractivity contribution in [3.05, 3.63) is 65.7 Å². The normalized spacial score (nSPS) is 11.0. The summed E-state index contributed by atoms with van der Waals surface area (Å²) in [4.78, 5) is 22.3. The van der Waals surface area contributed by atoms with E-state index in [9.17, 15) is 14.7 Å². The highest BCUT2D eigenvalue weighted by Crippen LogP contribution is 2.19. The molecule has 0 fully saturated rings. The van der Waals surface area contributed by atoms with Crippen LogP contribution < -0.4 is 5.32 Å². The van der Waals surface area contributed by atoms with E-state index in [2.05, 4.69) is 5.32 Å². The van der Waals surface area contributed by atoms with Crippen LogP contribution in [0.15, 0.2) is 54.6 Å². The first kappa shape index (κ1) is 14.5. The third kappa shape index (κ3) is 4.04. The molecule has 2 rings (SSSR count). The molecule has 2 N–H and O–H groups in total. The molecule has 1 amide bonds. The van der Waals surface area contributed by atoms with Gasteiger partial charge >= 0.3 is 5.97 Å². The molecule has 0 radical (unpaired) electrons. The molecule has 0 bridgehead atoms. The number of carbonyl (C=O) groups is 2. The van der Waals surface area contributed by atoms with Gasteiger partial charge in [0.25, 0.3) is 0 Å². The Morgan fingerprint density at radius 1 is 1.00 bits per heavy atom. The van der Waals surface area contributed by atoms with Gasteiger partial charge in [0.1, 0.15) is 0 Å². The average molecular weight is 281 g/mol. The summed E-state index contributed by atoms with van der Waals surface area (Å²) in [5.41, 5.74) is 2.31. The van der Waals surface area contributed by atoms with E-state index < -0.39 is 5.97 Å². The fourth-order valence-corrected chi connectivity index (χ4v) is 1.92. The van der Waals surface area contributed by atoms with Crippen LogP contribution >= 0.6 is 0 Å². The van der Waals surface area contributed by atoms with Crippen LogP contribution in [0.3, 0.4) is 0 Å². The lowest BCUT2D eigenvalue weighted by atomic mass is 10.0. The van der Waals surface area contributed by atoms with E-state index in [-0.39, 0.29) is 11.5 Å². The minimum absolute atomic E-state index is 0.145. The predicted octanol–water partition coefficient (Wildman–Crippen LogP) is 3.27. The summed E-state index contributed by atoms with van der Waals surface area (Å²) < 4.78 is 0. The smallest absolute Gasteiger partial charge is 0.336 e. The molecule has 4 nitrogen and oxygen atoms in total. The summed E-state index contributed by atoms with van der Waals surface area (Å²) in [7, 11) is 0. The van der Waals surface area contributed by atoms with Crippen LogP contribution in [-0.2, 0) is 9.59 Å². The Hall–Kier alpha value is -2.88. The lowest BCUT2D eigenvalue weighted by Crippen LogP contribution is -2.05. The van der Waals surface area contributed by atoms with Crippen LogP contribution in [0.2, 0.25) is 0 Å². The topological polar surface area (TPSA) is 66.4 Å². The third-order valence-electron chi connectivity index (χ3n) is 2.86. The van der Waals surface area contributed by atoms with E-state index in [4.69, 9.17) is 0 Å². The largest absolute Gasteiger partial charge is 0.478 e. The second-order valence-corrected chi connectivity index (χ2v) is 4.53. The fourth-order valence-electron chi connectivity index (χ4n) is 1.92. The van der Waals surface area contributed by atoms with E-state index in [0.29, 0.717) is 11.3 Å². The molecule has 0 aliphatic heterocycles. The highest BCUT2D eigenvalue weighted by atomic mass is 16.4. The maximum Gasteiger partial charge on any atom is 0.336 e. The minimum Gasteiger partial charge on any atom is -0.478 e. The standard InChI is InChI=1S/C17H15NO3/c1-12(19)18-15-9-7-13(8-10-15)11-16(17(20)21)14-5-3-2-4-6-14/h2-11H,1H3,(H,18,19)(H,20,21). The molecular formula is C17H15NO3. The molecule has 0 atom stereocenters. The number of hydrogen-bond donors (Lipinski definition) is 2. The number of benzene rings is 2. The van der Waals surface area contributed by atoms with Gasteiger partial charge < -0.3 is 10.4 Å². The van der Waals surface area contributed by atoms with Gasteiger partial charge in [0.15, 0.2) is 0 Å². The van der Waals surface area contributed by atoms with Gasteiger partial charge in [-0.15, -0.1) is 0 Å². The molecule has 2 aromatic rings. The Labute approximate surface area is 122 Å². The molecule has 0 aromatic heterocycles. The Kier molecular flexibility index (Phi) is 4.51. The lowest BCUT2D eigenvalue weighted by molar-refractivity contribution is -0.130. The van der Waals surface area contributed by atoms with E-state index in [1.165, 1.54) is 6.92 Å². The Balaban J connectivity index is 2.31. The number of amides is 1. The van der Waals surface area contributed by atoms with E-state index >= 15 is 0 Å². The van der Waals surface area contributed by atoms with Crippen molar-refractivity contribution in [2.75, 3.05) is 5.32 Å². The summed E-state index contributed by atoms with van der Waals surface area (Å²) >= 11 is 0. The van der Waals surface area contributed by atoms with Gasteiger partial charge in [0.05, 0.1) is 5.57 Å². The van der Waals surface area contributed by atoms with Crippen LogP contribution in [0, 0.1) is 0 Å². The van der Waals surface area contributed by atoms with Crippen molar-refractivity contribution < 1.29 is 14.7 Å². The quantitative estimate of drug-likeness (QED) is 0.667. The van der Waals surface area contributed by atoms with Crippen LogP contribution in [0.5, 0.6) is 0 Å². The molecule has 106 valence electrons. The van der Waals surface area contributed by atoms with Gasteiger partial charge in [0.2, 0.25) is 5.91 Å². The van der Waals surface area contributed by atoms with Crippen molar-refractivity contribution in [3.63, 3.8) is 0 Å². The Bertz CT molecular complexity index is 673. The van der Waals surface area contributed by atoms with Crippen LogP contribution in [0.4, 0.5) is 5.69 Å². The second-order valence-electron chi connectivity index (χ2n) is 4.53. The zero-order valence-electron chi connectivity index (χ0n) is 11.5. The zero-order valence-corrected chi connectivity index (χ0v) is 11.5. The van der Waals surface area contributed by atoms with Gasteiger partial charge in [-0.2, -0.15) is 0 Å². The number of hydrogen-bond acceptors (Lipinski definition) is 2. The molecule has 2 aromatic carbocycles.